The van der Waals surface area contributed by atoms with Crippen molar-refractivity contribution in [3.8, 4) is 5.88 Å². The van der Waals surface area contributed by atoms with Gasteiger partial charge in [-0.3, -0.25) is 0 Å². The Bertz CT molecular complexity index is 463. The van der Waals surface area contributed by atoms with Gasteiger partial charge in [-0.15, -0.1) is 0 Å². The number of ether oxygens (including phenoxy) is 1. The summed E-state index contributed by atoms with van der Waals surface area (Å²) in [4.78, 5) is 7.46. The number of alkyl halides is 3. The number of halogens is 3. The summed E-state index contributed by atoms with van der Waals surface area (Å²) in [5.74, 6) is -0.418. The monoisotopic (exact) mass is 308 g/mol. The van der Waals surface area contributed by atoms with Crippen LogP contribution in [0.3, 0.4) is 0 Å². The Labute approximate surface area is 118 Å². The summed E-state index contributed by atoms with van der Waals surface area (Å²) in [6.45, 7) is 0. The van der Waals surface area contributed by atoms with Gasteiger partial charge in [0.2, 0.25) is 5.88 Å². The van der Waals surface area contributed by atoms with Crippen molar-refractivity contribution >= 4 is 11.8 Å². The molecule has 1 aromatic rings. The summed E-state index contributed by atoms with van der Waals surface area (Å²) in [5, 5.41) is 9.63. The second-order valence-corrected chi connectivity index (χ2v) is 5.40. The highest BCUT2D eigenvalue weighted by atomic mass is 32.2. The third-order valence-electron chi connectivity index (χ3n) is 3.14. The Balaban J connectivity index is 2.20. The van der Waals surface area contributed by atoms with E-state index in [2.05, 4.69) is 9.97 Å². The molecule has 112 valence electrons. The number of aliphatic hydroxyl groups excluding tert-OH is 1. The molecule has 1 fully saturated rings. The highest BCUT2D eigenvalue weighted by Gasteiger charge is 2.37. The van der Waals surface area contributed by atoms with E-state index in [9.17, 15) is 18.3 Å². The second kappa shape index (κ2) is 6.17. The van der Waals surface area contributed by atoms with Gasteiger partial charge >= 0.3 is 6.18 Å². The lowest BCUT2D eigenvalue weighted by molar-refractivity contribution is -0.140. The van der Waals surface area contributed by atoms with E-state index < -0.39 is 17.6 Å². The third kappa shape index (κ3) is 3.76. The number of aromatic nitrogens is 2. The first kappa shape index (κ1) is 15.4. The van der Waals surface area contributed by atoms with Crippen LogP contribution in [-0.4, -0.2) is 33.5 Å². The van der Waals surface area contributed by atoms with Crippen LogP contribution < -0.4 is 4.74 Å². The fourth-order valence-electron chi connectivity index (χ4n) is 2.05. The van der Waals surface area contributed by atoms with Crippen LogP contribution in [0.25, 0.3) is 0 Å². The SMILES string of the molecule is CSc1ncc(C(F)(F)F)c(OC2CCC(O)CC2)n1. The van der Waals surface area contributed by atoms with E-state index >= 15 is 0 Å². The van der Waals surface area contributed by atoms with E-state index in [1.807, 2.05) is 0 Å². The van der Waals surface area contributed by atoms with Crippen molar-refractivity contribution in [1.82, 2.24) is 9.97 Å². The molecule has 0 atom stereocenters. The average molecular weight is 308 g/mol. The normalized spacial score (nSPS) is 23.6. The first-order chi connectivity index (χ1) is 9.40. The zero-order chi connectivity index (χ0) is 14.8. The summed E-state index contributed by atoms with van der Waals surface area (Å²) >= 11 is 1.16. The first-order valence-corrected chi connectivity index (χ1v) is 7.45. The van der Waals surface area contributed by atoms with Crippen LogP contribution in [0.1, 0.15) is 31.2 Å². The molecule has 0 saturated heterocycles. The largest absolute Gasteiger partial charge is 0.474 e. The van der Waals surface area contributed by atoms with Crippen molar-refractivity contribution in [2.45, 2.75) is 49.2 Å². The van der Waals surface area contributed by atoms with Crippen molar-refractivity contribution < 1.29 is 23.0 Å². The average Bonchev–Trinajstić information content (AvgIpc) is 2.40. The molecule has 1 saturated carbocycles. The van der Waals surface area contributed by atoms with Gasteiger partial charge in [0, 0.05) is 6.20 Å². The van der Waals surface area contributed by atoms with E-state index in [1.165, 1.54) is 0 Å². The summed E-state index contributed by atoms with van der Waals surface area (Å²) < 4.78 is 44.1. The van der Waals surface area contributed by atoms with Crippen LogP contribution in [0.5, 0.6) is 5.88 Å². The van der Waals surface area contributed by atoms with Crippen molar-refractivity contribution in [3.63, 3.8) is 0 Å². The van der Waals surface area contributed by atoms with E-state index in [1.54, 1.807) is 6.26 Å². The van der Waals surface area contributed by atoms with Gasteiger partial charge in [0.1, 0.15) is 11.7 Å². The zero-order valence-corrected chi connectivity index (χ0v) is 11.7. The molecule has 0 radical (unpaired) electrons. The van der Waals surface area contributed by atoms with Crippen molar-refractivity contribution in [1.29, 1.82) is 0 Å². The fraction of sp³-hybridized carbons (Fsp3) is 0.667. The maximum absolute atomic E-state index is 12.9. The molecule has 1 aliphatic rings. The van der Waals surface area contributed by atoms with Gasteiger partial charge in [-0.25, -0.2) is 4.98 Å². The number of rotatable bonds is 3. The topological polar surface area (TPSA) is 55.2 Å². The quantitative estimate of drug-likeness (QED) is 0.687. The molecule has 8 heteroatoms. The highest BCUT2D eigenvalue weighted by molar-refractivity contribution is 7.98. The summed E-state index contributed by atoms with van der Waals surface area (Å²) in [5.41, 5.74) is -0.957. The molecular weight excluding hydrogens is 293 g/mol. The molecule has 1 aliphatic carbocycles. The van der Waals surface area contributed by atoms with E-state index in [4.69, 9.17) is 4.74 Å². The highest BCUT2D eigenvalue weighted by Crippen LogP contribution is 2.36. The van der Waals surface area contributed by atoms with Gasteiger partial charge in [0.15, 0.2) is 5.16 Å². The van der Waals surface area contributed by atoms with Crippen LogP contribution in [0.4, 0.5) is 13.2 Å². The van der Waals surface area contributed by atoms with Gasteiger partial charge < -0.3 is 9.84 Å². The lowest BCUT2D eigenvalue weighted by Crippen LogP contribution is -2.27. The number of thioether (sulfide) groups is 1. The van der Waals surface area contributed by atoms with Gasteiger partial charge in [0.25, 0.3) is 0 Å². The van der Waals surface area contributed by atoms with Gasteiger partial charge in [-0.05, 0) is 31.9 Å². The molecule has 0 aromatic carbocycles. The van der Waals surface area contributed by atoms with Crippen LogP contribution in [-0.2, 0) is 6.18 Å². The van der Waals surface area contributed by atoms with E-state index in [0.29, 0.717) is 25.7 Å². The maximum atomic E-state index is 12.9. The molecule has 0 aliphatic heterocycles. The van der Waals surface area contributed by atoms with Gasteiger partial charge in [-0.1, -0.05) is 11.8 Å². The Morgan fingerprint density at radius 2 is 1.95 bits per heavy atom. The van der Waals surface area contributed by atoms with Crippen LogP contribution in [0.15, 0.2) is 11.4 Å². The molecule has 20 heavy (non-hydrogen) atoms. The molecule has 0 spiro atoms. The summed E-state index contributed by atoms with van der Waals surface area (Å²) in [7, 11) is 0. The lowest BCUT2D eigenvalue weighted by Gasteiger charge is -2.26. The Morgan fingerprint density at radius 3 is 2.50 bits per heavy atom. The molecule has 1 aromatic heterocycles. The lowest BCUT2D eigenvalue weighted by atomic mass is 9.95. The third-order valence-corrected chi connectivity index (χ3v) is 3.70. The van der Waals surface area contributed by atoms with Crippen molar-refractivity contribution in [2.24, 2.45) is 0 Å². The predicted octanol–water partition coefficient (Wildman–Crippen LogP) is 2.90. The smallest absolute Gasteiger partial charge is 0.423 e. The van der Waals surface area contributed by atoms with Crippen LogP contribution in [0.2, 0.25) is 0 Å². The molecular formula is C12H15F3N2O2S. The second-order valence-electron chi connectivity index (χ2n) is 4.62. The molecule has 4 nitrogen and oxygen atoms in total. The van der Waals surface area contributed by atoms with E-state index in [-0.39, 0.29) is 17.4 Å². The first-order valence-electron chi connectivity index (χ1n) is 6.23. The summed E-state index contributed by atoms with van der Waals surface area (Å²) in [6, 6.07) is 0. The Hall–Kier alpha value is -1.02. The molecule has 0 bridgehead atoms. The fourth-order valence-corrected chi connectivity index (χ4v) is 2.39. The molecule has 0 unspecified atom stereocenters. The Kier molecular flexibility index (Phi) is 4.74. The van der Waals surface area contributed by atoms with Crippen LogP contribution >= 0.6 is 11.8 Å². The molecule has 2 rings (SSSR count). The number of nitrogens with zero attached hydrogens (tertiary/aromatic N) is 2. The predicted molar refractivity (Wildman–Crippen MR) is 67.7 cm³/mol. The number of hydrogen-bond donors (Lipinski definition) is 1. The minimum absolute atomic E-state index is 0.240. The van der Waals surface area contributed by atoms with Crippen molar-refractivity contribution in [3.05, 3.63) is 11.8 Å². The van der Waals surface area contributed by atoms with Gasteiger partial charge in [0.05, 0.1) is 6.10 Å². The van der Waals surface area contributed by atoms with Crippen LogP contribution in [0, 0.1) is 0 Å². The zero-order valence-electron chi connectivity index (χ0n) is 10.9. The maximum Gasteiger partial charge on any atom is 0.423 e. The molecule has 1 heterocycles. The summed E-state index contributed by atoms with van der Waals surface area (Å²) in [6.07, 6.45) is -0.712. The molecule has 1 N–H and O–H groups in total. The number of hydrogen-bond acceptors (Lipinski definition) is 5. The Morgan fingerprint density at radius 1 is 1.30 bits per heavy atom. The van der Waals surface area contributed by atoms with Crippen molar-refractivity contribution in [2.75, 3.05) is 6.26 Å². The minimum atomic E-state index is -4.54. The standard InChI is InChI=1S/C12H15F3N2O2S/c1-20-11-16-6-9(12(13,14)15)10(17-11)19-8-4-2-7(18)3-5-8/h6-8,18H,2-5H2,1H3. The number of aliphatic hydroxyl groups is 1. The minimum Gasteiger partial charge on any atom is -0.474 e. The van der Waals surface area contributed by atoms with E-state index in [0.717, 1.165) is 18.0 Å². The molecule has 0 amide bonds. The van der Waals surface area contributed by atoms with Gasteiger partial charge in [-0.2, -0.15) is 18.2 Å².